The molecule has 0 saturated heterocycles. The predicted octanol–water partition coefficient (Wildman–Crippen LogP) is 4.78. The van der Waals surface area contributed by atoms with Gasteiger partial charge in [0.05, 0.1) is 0 Å². The second-order valence-corrected chi connectivity index (χ2v) is 7.14. The van der Waals surface area contributed by atoms with E-state index in [4.69, 9.17) is 11.6 Å². The van der Waals surface area contributed by atoms with E-state index < -0.39 is 6.03 Å². The van der Waals surface area contributed by atoms with Gasteiger partial charge in [-0.3, -0.25) is 5.32 Å². The number of amides is 2. The monoisotopic (exact) mass is 387 g/mol. The van der Waals surface area contributed by atoms with Crippen molar-refractivity contribution in [1.82, 2.24) is 10.2 Å². The molecule has 0 spiro atoms. The fourth-order valence-electron chi connectivity index (χ4n) is 2.28. The van der Waals surface area contributed by atoms with Crippen LogP contribution < -0.4 is 15.5 Å². The average molecular weight is 388 g/mol. The Morgan fingerprint density at radius 1 is 1.15 bits per heavy atom. The van der Waals surface area contributed by atoms with E-state index in [9.17, 15) is 4.79 Å². The van der Waals surface area contributed by atoms with Crippen LogP contribution >= 0.6 is 22.9 Å². The first-order chi connectivity index (χ1) is 12.5. The number of aryl methyl sites for hydroxylation is 1. The van der Waals surface area contributed by atoms with E-state index >= 15 is 0 Å². The molecule has 1 heterocycles. The first-order valence-corrected chi connectivity index (χ1v) is 9.13. The zero-order chi connectivity index (χ0) is 18.5. The summed E-state index contributed by atoms with van der Waals surface area (Å²) >= 11 is 7.38. The molecule has 2 aromatic carbocycles. The molecule has 0 atom stereocenters. The van der Waals surface area contributed by atoms with Gasteiger partial charge in [0.15, 0.2) is 0 Å². The maximum Gasteiger partial charge on any atom is 0.325 e. The second-order valence-electron chi connectivity index (χ2n) is 5.77. The van der Waals surface area contributed by atoms with Crippen molar-refractivity contribution in [3.63, 3.8) is 0 Å². The normalized spacial score (nSPS) is 10.4. The summed E-state index contributed by atoms with van der Waals surface area (Å²) < 4.78 is 0. The van der Waals surface area contributed by atoms with Crippen LogP contribution in [0.5, 0.6) is 0 Å². The average Bonchev–Trinajstić information content (AvgIpc) is 3.07. The van der Waals surface area contributed by atoms with E-state index in [1.165, 1.54) is 16.9 Å². The van der Waals surface area contributed by atoms with Crippen molar-refractivity contribution in [3.05, 3.63) is 64.7 Å². The van der Waals surface area contributed by atoms with Gasteiger partial charge in [0.1, 0.15) is 0 Å². The number of urea groups is 1. The molecule has 0 aliphatic heterocycles. The van der Waals surface area contributed by atoms with Crippen LogP contribution in [0.25, 0.3) is 0 Å². The summed E-state index contributed by atoms with van der Waals surface area (Å²) in [4.78, 5) is 14.1. The van der Waals surface area contributed by atoms with Crippen molar-refractivity contribution in [2.45, 2.75) is 13.5 Å². The van der Waals surface area contributed by atoms with Gasteiger partial charge in [-0.25, -0.2) is 4.79 Å². The Bertz CT molecular complexity index is 900. The molecule has 2 amide bonds. The highest BCUT2D eigenvalue weighted by atomic mass is 35.5. The van der Waals surface area contributed by atoms with Crippen molar-refractivity contribution in [1.29, 1.82) is 0 Å². The summed E-state index contributed by atoms with van der Waals surface area (Å²) in [6, 6.07) is 15.0. The molecular weight excluding hydrogens is 370 g/mol. The summed E-state index contributed by atoms with van der Waals surface area (Å²) in [5, 5.41) is 15.3. The lowest BCUT2D eigenvalue weighted by molar-refractivity contribution is 0.262. The van der Waals surface area contributed by atoms with Gasteiger partial charge in [0, 0.05) is 24.3 Å². The van der Waals surface area contributed by atoms with Crippen molar-refractivity contribution in [2.24, 2.45) is 0 Å². The molecule has 2 N–H and O–H groups in total. The third kappa shape index (κ3) is 4.71. The SMILES string of the molecule is Cc1ccc(NC(=O)Nc2nnc(N(C)Cc3ccccc3)s2)cc1Cl. The predicted molar refractivity (Wildman–Crippen MR) is 107 cm³/mol. The molecular formula is C18H18ClN5OS. The molecule has 0 saturated carbocycles. The first-order valence-electron chi connectivity index (χ1n) is 7.94. The van der Waals surface area contributed by atoms with Gasteiger partial charge < -0.3 is 10.2 Å². The maximum atomic E-state index is 12.1. The van der Waals surface area contributed by atoms with Gasteiger partial charge >= 0.3 is 6.03 Å². The number of nitrogens with one attached hydrogen (secondary N) is 2. The number of nitrogens with zero attached hydrogens (tertiary/aromatic N) is 3. The molecule has 0 unspecified atom stereocenters. The van der Waals surface area contributed by atoms with Crippen molar-refractivity contribution < 1.29 is 4.79 Å². The Hall–Kier alpha value is -2.64. The van der Waals surface area contributed by atoms with Crippen molar-refractivity contribution in [2.75, 3.05) is 22.6 Å². The summed E-state index contributed by atoms with van der Waals surface area (Å²) in [6.45, 7) is 2.62. The smallest absolute Gasteiger partial charge is 0.325 e. The van der Waals surface area contributed by atoms with Gasteiger partial charge in [0.25, 0.3) is 0 Å². The molecule has 0 bridgehead atoms. The Morgan fingerprint density at radius 3 is 2.65 bits per heavy atom. The lowest BCUT2D eigenvalue weighted by Crippen LogP contribution is -2.19. The van der Waals surface area contributed by atoms with Crippen LogP contribution in [-0.2, 0) is 6.54 Å². The molecule has 26 heavy (non-hydrogen) atoms. The lowest BCUT2D eigenvalue weighted by atomic mass is 10.2. The topological polar surface area (TPSA) is 70.1 Å². The number of carbonyl (C=O) groups excluding carboxylic acids is 1. The molecule has 134 valence electrons. The van der Waals surface area contributed by atoms with E-state index in [1.54, 1.807) is 12.1 Å². The number of hydrogen-bond donors (Lipinski definition) is 2. The van der Waals surface area contributed by atoms with E-state index in [0.717, 1.165) is 10.7 Å². The van der Waals surface area contributed by atoms with Gasteiger partial charge in [-0.2, -0.15) is 0 Å². The fourth-order valence-corrected chi connectivity index (χ4v) is 3.16. The standard InChI is InChI=1S/C18H18ClN5OS/c1-12-8-9-14(10-15(12)19)20-16(25)21-17-22-23-18(26-17)24(2)11-13-6-4-3-5-7-13/h3-10H,11H2,1-2H3,(H2,20,21,22,25). The molecule has 0 fully saturated rings. The maximum absolute atomic E-state index is 12.1. The Balaban J connectivity index is 1.58. The quantitative estimate of drug-likeness (QED) is 0.660. The summed E-state index contributed by atoms with van der Waals surface area (Å²) in [5.74, 6) is 0. The van der Waals surface area contributed by atoms with E-state index in [2.05, 4.69) is 33.0 Å². The molecule has 8 heteroatoms. The van der Waals surface area contributed by atoms with Crippen LogP contribution in [0.2, 0.25) is 5.02 Å². The van der Waals surface area contributed by atoms with Crippen molar-refractivity contribution in [3.8, 4) is 0 Å². The number of hydrogen-bond acceptors (Lipinski definition) is 5. The van der Waals surface area contributed by atoms with Gasteiger partial charge in [-0.15, -0.1) is 10.2 Å². The minimum absolute atomic E-state index is 0.390. The van der Waals surface area contributed by atoms with Crippen LogP contribution in [-0.4, -0.2) is 23.3 Å². The van der Waals surface area contributed by atoms with E-state index in [1.807, 2.05) is 43.1 Å². The number of aromatic nitrogens is 2. The highest BCUT2D eigenvalue weighted by molar-refractivity contribution is 7.19. The highest BCUT2D eigenvalue weighted by Crippen LogP contribution is 2.25. The van der Waals surface area contributed by atoms with Crippen LogP contribution in [0.4, 0.5) is 20.7 Å². The summed E-state index contributed by atoms with van der Waals surface area (Å²) in [5.41, 5.74) is 2.74. The number of rotatable bonds is 5. The third-order valence-electron chi connectivity index (χ3n) is 3.65. The number of carbonyl (C=O) groups is 1. The first kappa shape index (κ1) is 18.2. The van der Waals surface area contributed by atoms with Crippen molar-refractivity contribution >= 4 is 44.9 Å². The molecule has 3 aromatic rings. The minimum atomic E-state index is -0.390. The largest absolute Gasteiger partial charge is 0.345 e. The number of halogens is 1. The zero-order valence-corrected chi connectivity index (χ0v) is 15.9. The van der Waals surface area contributed by atoms with Crippen LogP contribution in [0, 0.1) is 6.92 Å². The van der Waals surface area contributed by atoms with Gasteiger partial charge in [-0.1, -0.05) is 59.3 Å². The van der Waals surface area contributed by atoms with Gasteiger partial charge in [0.2, 0.25) is 10.3 Å². The highest BCUT2D eigenvalue weighted by Gasteiger charge is 2.12. The second kappa shape index (κ2) is 8.16. The van der Waals surface area contributed by atoms with E-state index in [0.29, 0.717) is 22.4 Å². The molecule has 1 aromatic heterocycles. The molecule has 0 radical (unpaired) electrons. The van der Waals surface area contributed by atoms with Gasteiger partial charge in [-0.05, 0) is 30.2 Å². The fraction of sp³-hybridized carbons (Fsp3) is 0.167. The molecule has 6 nitrogen and oxygen atoms in total. The number of anilines is 3. The summed E-state index contributed by atoms with van der Waals surface area (Å²) in [7, 11) is 1.94. The summed E-state index contributed by atoms with van der Waals surface area (Å²) in [6.07, 6.45) is 0. The Labute approximate surface area is 160 Å². The van der Waals surface area contributed by atoms with Crippen LogP contribution in [0.15, 0.2) is 48.5 Å². The molecule has 0 aliphatic rings. The minimum Gasteiger partial charge on any atom is -0.345 e. The van der Waals surface area contributed by atoms with Crippen LogP contribution in [0.3, 0.4) is 0 Å². The Kier molecular flexibility index (Phi) is 5.70. The lowest BCUT2D eigenvalue weighted by Gasteiger charge is -2.14. The Morgan fingerprint density at radius 2 is 1.92 bits per heavy atom. The molecule has 3 rings (SSSR count). The zero-order valence-electron chi connectivity index (χ0n) is 14.4. The number of benzene rings is 2. The molecule has 0 aliphatic carbocycles. The van der Waals surface area contributed by atoms with Crippen LogP contribution in [0.1, 0.15) is 11.1 Å². The third-order valence-corrected chi connectivity index (χ3v) is 5.01. The van der Waals surface area contributed by atoms with E-state index in [-0.39, 0.29) is 0 Å².